The minimum absolute atomic E-state index is 0.0441. The standard InChI is InChI=1S/C10H11ClN2O4/c11-7-2-3-8(9(6-7)13(16)17)10(15)12-4-1-5-14/h2-3,6,14H,1,4-5H2,(H,12,15). The Hall–Kier alpha value is -1.66. The molecule has 1 aromatic rings. The Morgan fingerprint density at radius 1 is 1.53 bits per heavy atom. The molecule has 0 bridgehead atoms. The van der Waals surface area contributed by atoms with E-state index in [-0.39, 0.29) is 29.4 Å². The van der Waals surface area contributed by atoms with Gasteiger partial charge in [0.1, 0.15) is 5.56 Å². The van der Waals surface area contributed by atoms with Gasteiger partial charge in [0.05, 0.1) is 4.92 Å². The van der Waals surface area contributed by atoms with Crippen molar-refractivity contribution in [1.82, 2.24) is 5.32 Å². The smallest absolute Gasteiger partial charge is 0.283 e. The van der Waals surface area contributed by atoms with Gasteiger partial charge in [0.25, 0.3) is 11.6 Å². The molecule has 6 nitrogen and oxygen atoms in total. The van der Waals surface area contributed by atoms with Crippen molar-refractivity contribution in [3.63, 3.8) is 0 Å². The fourth-order valence-corrected chi connectivity index (χ4v) is 1.39. The Labute approximate surface area is 102 Å². The third-order valence-corrected chi connectivity index (χ3v) is 2.26. The second-order valence-electron chi connectivity index (χ2n) is 3.25. The quantitative estimate of drug-likeness (QED) is 0.474. The number of nitrogens with one attached hydrogen (secondary N) is 1. The topological polar surface area (TPSA) is 92.5 Å². The van der Waals surface area contributed by atoms with E-state index < -0.39 is 10.8 Å². The molecule has 0 saturated heterocycles. The highest BCUT2D eigenvalue weighted by atomic mass is 35.5. The van der Waals surface area contributed by atoms with Gasteiger partial charge < -0.3 is 10.4 Å². The van der Waals surface area contributed by atoms with E-state index in [2.05, 4.69) is 5.32 Å². The number of hydrogen-bond donors (Lipinski definition) is 2. The average Bonchev–Trinajstić information content (AvgIpc) is 2.29. The lowest BCUT2D eigenvalue weighted by molar-refractivity contribution is -0.385. The number of halogens is 1. The molecule has 0 atom stereocenters. The van der Waals surface area contributed by atoms with Gasteiger partial charge in [0.15, 0.2) is 0 Å². The predicted octanol–water partition coefficient (Wildman–Crippen LogP) is 1.36. The number of carbonyl (C=O) groups excluding carboxylic acids is 1. The van der Waals surface area contributed by atoms with Crippen LogP contribution in [0.1, 0.15) is 16.8 Å². The molecule has 0 spiro atoms. The normalized spacial score (nSPS) is 10.0. The molecule has 0 heterocycles. The average molecular weight is 259 g/mol. The Kier molecular flexibility index (Phi) is 4.86. The summed E-state index contributed by atoms with van der Waals surface area (Å²) in [4.78, 5) is 21.7. The fraction of sp³-hybridized carbons (Fsp3) is 0.300. The molecule has 0 fully saturated rings. The highest BCUT2D eigenvalue weighted by Gasteiger charge is 2.19. The molecule has 0 aliphatic heterocycles. The molecule has 1 aromatic carbocycles. The van der Waals surface area contributed by atoms with Gasteiger partial charge in [-0.25, -0.2) is 0 Å². The largest absolute Gasteiger partial charge is 0.396 e. The third kappa shape index (κ3) is 3.69. The molecule has 17 heavy (non-hydrogen) atoms. The fourth-order valence-electron chi connectivity index (χ4n) is 1.22. The van der Waals surface area contributed by atoms with Crippen LogP contribution in [-0.2, 0) is 0 Å². The van der Waals surface area contributed by atoms with E-state index >= 15 is 0 Å². The van der Waals surface area contributed by atoms with Crippen molar-refractivity contribution in [2.24, 2.45) is 0 Å². The number of nitrogens with zero attached hydrogens (tertiary/aromatic N) is 1. The first-order valence-electron chi connectivity index (χ1n) is 4.89. The molecule has 0 radical (unpaired) electrons. The summed E-state index contributed by atoms with van der Waals surface area (Å²) in [7, 11) is 0. The molecule has 0 saturated carbocycles. The zero-order valence-electron chi connectivity index (χ0n) is 8.85. The number of carbonyl (C=O) groups is 1. The monoisotopic (exact) mass is 258 g/mol. The van der Waals surface area contributed by atoms with Gasteiger partial charge in [0.2, 0.25) is 0 Å². The first-order chi connectivity index (χ1) is 8.06. The molecule has 92 valence electrons. The summed E-state index contributed by atoms with van der Waals surface area (Å²) in [5, 5.41) is 22.0. The second-order valence-corrected chi connectivity index (χ2v) is 3.69. The maximum Gasteiger partial charge on any atom is 0.283 e. The van der Waals surface area contributed by atoms with Crippen molar-refractivity contribution < 1.29 is 14.8 Å². The highest BCUT2D eigenvalue weighted by Crippen LogP contribution is 2.22. The lowest BCUT2D eigenvalue weighted by Gasteiger charge is -2.05. The maximum atomic E-state index is 11.6. The summed E-state index contributed by atoms with van der Waals surface area (Å²) < 4.78 is 0. The molecule has 0 aromatic heterocycles. The van der Waals surface area contributed by atoms with Crippen LogP contribution in [0.3, 0.4) is 0 Å². The molecule has 1 amide bonds. The first-order valence-corrected chi connectivity index (χ1v) is 5.27. The van der Waals surface area contributed by atoms with Crippen LogP contribution in [0.25, 0.3) is 0 Å². The van der Waals surface area contributed by atoms with Gasteiger partial charge >= 0.3 is 0 Å². The number of hydrogen-bond acceptors (Lipinski definition) is 4. The Morgan fingerprint density at radius 2 is 2.24 bits per heavy atom. The minimum Gasteiger partial charge on any atom is -0.396 e. The third-order valence-electron chi connectivity index (χ3n) is 2.02. The van der Waals surface area contributed by atoms with Crippen LogP contribution in [-0.4, -0.2) is 29.1 Å². The van der Waals surface area contributed by atoms with Crippen LogP contribution < -0.4 is 5.32 Å². The Bertz CT molecular complexity index is 436. The SMILES string of the molecule is O=C(NCCCO)c1ccc(Cl)cc1[N+](=O)[O-]. The lowest BCUT2D eigenvalue weighted by Crippen LogP contribution is -2.25. The van der Waals surface area contributed by atoms with Crippen molar-refractivity contribution >= 4 is 23.2 Å². The highest BCUT2D eigenvalue weighted by molar-refractivity contribution is 6.31. The first kappa shape index (κ1) is 13.4. The van der Waals surface area contributed by atoms with Gasteiger partial charge in [-0.2, -0.15) is 0 Å². The number of aliphatic hydroxyl groups excluding tert-OH is 1. The number of nitro groups is 1. The minimum atomic E-state index is -0.660. The molecular formula is C10H11ClN2O4. The summed E-state index contributed by atoms with van der Waals surface area (Å²) in [5.41, 5.74) is -0.378. The van der Waals surface area contributed by atoms with E-state index in [9.17, 15) is 14.9 Å². The Morgan fingerprint density at radius 3 is 2.82 bits per heavy atom. The summed E-state index contributed by atoms with van der Waals surface area (Å²) >= 11 is 5.62. The van der Waals surface area contributed by atoms with E-state index in [0.29, 0.717) is 6.42 Å². The van der Waals surface area contributed by atoms with Gasteiger partial charge in [-0.3, -0.25) is 14.9 Å². The van der Waals surface area contributed by atoms with Crippen LogP contribution in [0.5, 0.6) is 0 Å². The molecular weight excluding hydrogens is 248 g/mol. The van der Waals surface area contributed by atoms with Crippen LogP contribution >= 0.6 is 11.6 Å². The summed E-state index contributed by atoms with van der Waals surface area (Å²) in [5.74, 6) is -0.554. The van der Waals surface area contributed by atoms with Crippen LogP contribution in [0.15, 0.2) is 18.2 Å². The van der Waals surface area contributed by atoms with Crippen LogP contribution in [0.4, 0.5) is 5.69 Å². The Balaban J connectivity index is 2.89. The van der Waals surface area contributed by atoms with Crippen molar-refractivity contribution in [1.29, 1.82) is 0 Å². The molecule has 2 N–H and O–H groups in total. The van der Waals surface area contributed by atoms with E-state index in [1.54, 1.807) is 0 Å². The second kappa shape index (κ2) is 6.17. The van der Waals surface area contributed by atoms with Gasteiger partial charge in [0, 0.05) is 24.2 Å². The summed E-state index contributed by atoms with van der Waals surface area (Å²) in [6, 6.07) is 3.84. The van der Waals surface area contributed by atoms with Crippen LogP contribution in [0, 0.1) is 10.1 Å². The molecule has 0 aliphatic rings. The maximum absolute atomic E-state index is 11.6. The molecule has 1 rings (SSSR count). The zero-order chi connectivity index (χ0) is 12.8. The molecule has 7 heteroatoms. The van der Waals surface area contributed by atoms with Crippen molar-refractivity contribution in [3.05, 3.63) is 38.9 Å². The summed E-state index contributed by atoms with van der Waals surface area (Å²) in [6.07, 6.45) is 0.396. The zero-order valence-corrected chi connectivity index (χ0v) is 9.61. The van der Waals surface area contributed by atoms with E-state index in [0.717, 1.165) is 6.07 Å². The van der Waals surface area contributed by atoms with Gasteiger partial charge in [-0.15, -0.1) is 0 Å². The lowest BCUT2D eigenvalue weighted by atomic mass is 10.1. The number of aliphatic hydroxyl groups is 1. The predicted molar refractivity (Wildman–Crippen MR) is 62.1 cm³/mol. The van der Waals surface area contributed by atoms with Crippen molar-refractivity contribution in [3.8, 4) is 0 Å². The van der Waals surface area contributed by atoms with Crippen molar-refractivity contribution in [2.75, 3.05) is 13.2 Å². The van der Waals surface area contributed by atoms with Crippen LogP contribution in [0.2, 0.25) is 5.02 Å². The van der Waals surface area contributed by atoms with Gasteiger partial charge in [-0.05, 0) is 18.6 Å². The number of benzene rings is 1. The number of nitro benzene ring substituents is 1. The summed E-state index contributed by atoms with van der Waals surface area (Å²) in [6.45, 7) is 0.206. The molecule has 0 aliphatic carbocycles. The van der Waals surface area contributed by atoms with E-state index in [1.165, 1.54) is 12.1 Å². The van der Waals surface area contributed by atoms with E-state index in [1.807, 2.05) is 0 Å². The van der Waals surface area contributed by atoms with Crippen molar-refractivity contribution in [2.45, 2.75) is 6.42 Å². The molecule has 0 unspecified atom stereocenters. The number of amides is 1. The van der Waals surface area contributed by atoms with Gasteiger partial charge in [-0.1, -0.05) is 11.6 Å². The van der Waals surface area contributed by atoms with E-state index in [4.69, 9.17) is 16.7 Å². The number of rotatable bonds is 5.